The van der Waals surface area contributed by atoms with E-state index < -0.39 is 5.91 Å². The van der Waals surface area contributed by atoms with Gasteiger partial charge in [0.1, 0.15) is 23.5 Å². The Morgan fingerprint density at radius 3 is 2.56 bits per heavy atom. The average Bonchev–Trinajstić information content (AvgIpc) is 2.96. The Kier molecular flexibility index (Phi) is 8.76. The van der Waals surface area contributed by atoms with Gasteiger partial charge in [0.15, 0.2) is 0 Å². The summed E-state index contributed by atoms with van der Waals surface area (Å²) in [5.41, 5.74) is 10.3. The second kappa shape index (κ2) is 12.6. The average molecular weight is 526 g/mol. The molecule has 198 valence electrons. The fourth-order valence-electron chi connectivity index (χ4n) is 3.93. The van der Waals surface area contributed by atoms with Crippen LogP contribution in [0.3, 0.4) is 0 Å². The van der Waals surface area contributed by atoms with Crippen LogP contribution in [0.4, 0.5) is 16.0 Å². The Hall–Kier alpha value is -4.88. The predicted molar refractivity (Wildman–Crippen MR) is 146 cm³/mol. The van der Waals surface area contributed by atoms with E-state index in [1.165, 1.54) is 24.4 Å². The van der Waals surface area contributed by atoms with Crippen molar-refractivity contribution in [3.63, 3.8) is 0 Å². The normalized spacial score (nSPS) is 11.4. The molecular weight excluding hydrogens is 497 g/mol. The largest absolute Gasteiger partial charge is 0.396 e. The molecule has 9 nitrogen and oxygen atoms in total. The van der Waals surface area contributed by atoms with Crippen molar-refractivity contribution >= 4 is 17.5 Å². The molecule has 4 rings (SSSR count). The van der Waals surface area contributed by atoms with E-state index in [9.17, 15) is 14.4 Å². The molecule has 0 aliphatic rings. The van der Waals surface area contributed by atoms with E-state index in [1.807, 2.05) is 30.3 Å². The first-order chi connectivity index (χ1) is 18.9. The third kappa shape index (κ3) is 6.91. The van der Waals surface area contributed by atoms with Crippen molar-refractivity contribution in [1.82, 2.24) is 20.3 Å². The molecule has 5 N–H and O–H groups in total. The topological polar surface area (TPSA) is 150 Å². The standard InChI is InChI=1S/C29H28FN7O2/c1-18(21-8-10-23(30)11-9-21)36-29(39)24-13-20(14-31)16-35-28(24)34-15-19-4-6-22(7-5-19)26-17-33-27(32)25(37-26)3-2-12-38/h4-11,13,16-18,38H,2-3,12,15H2,1H3,(H2,32,33)(H,34,35)(H,36,39)/t18-/m0/s1. The molecule has 0 radical (unpaired) electrons. The van der Waals surface area contributed by atoms with Gasteiger partial charge in [-0.2, -0.15) is 5.26 Å². The quantitative estimate of drug-likeness (QED) is 0.241. The van der Waals surface area contributed by atoms with Gasteiger partial charge in [-0.3, -0.25) is 4.79 Å². The van der Waals surface area contributed by atoms with Crippen molar-refractivity contribution < 1.29 is 14.3 Å². The summed E-state index contributed by atoms with van der Waals surface area (Å²) in [6, 6.07) is 16.7. The van der Waals surface area contributed by atoms with Crippen LogP contribution < -0.4 is 16.4 Å². The fourth-order valence-corrected chi connectivity index (χ4v) is 3.93. The minimum atomic E-state index is -0.409. The molecule has 0 fully saturated rings. The highest BCUT2D eigenvalue weighted by molar-refractivity contribution is 5.99. The molecule has 4 aromatic rings. The van der Waals surface area contributed by atoms with Gasteiger partial charge in [-0.15, -0.1) is 0 Å². The summed E-state index contributed by atoms with van der Waals surface area (Å²) in [6.07, 6.45) is 4.12. The summed E-state index contributed by atoms with van der Waals surface area (Å²) in [7, 11) is 0. The third-order valence-corrected chi connectivity index (χ3v) is 6.14. The number of nitrogens with zero attached hydrogens (tertiary/aromatic N) is 4. The van der Waals surface area contributed by atoms with Crippen molar-refractivity contribution in [2.45, 2.75) is 32.4 Å². The number of aromatic nitrogens is 3. The summed E-state index contributed by atoms with van der Waals surface area (Å²) in [5.74, 6) is -0.0743. The second-order valence-corrected chi connectivity index (χ2v) is 8.94. The lowest BCUT2D eigenvalue weighted by molar-refractivity contribution is 0.0940. The fraction of sp³-hybridized carbons (Fsp3) is 0.207. The number of nitriles is 1. The maximum Gasteiger partial charge on any atom is 0.255 e. The van der Waals surface area contributed by atoms with E-state index in [1.54, 1.807) is 25.3 Å². The van der Waals surface area contributed by atoms with Crippen molar-refractivity contribution in [3.8, 4) is 17.3 Å². The van der Waals surface area contributed by atoms with Gasteiger partial charge in [0.05, 0.1) is 34.8 Å². The van der Waals surface area contributed by atoms with E-state index in [4.69, 9.17) is 10.8 Å². The number of carbonyl (C=O) groups excluding carboxylic acids is 1. The monoisotopic (exact) mass is 525 g/mol. The molecule has 0 saturated heterocycles. The molecule has 0 saturated carbocycles. The maximum absolute atomic E-state index is 13.3. The van der Waals surface area contributed by atoms with Gasteiger partial charge in [-0.05, 0) is 49.1 Å². The number of benzene rings is 2. The molecule has 0 aliphatic heterocycles. The first-order valence-electron chi connectivity index (χ1n) is 12.4. The molecule has 0 aliphatic carbocycles. The highest BCUT2D eigenvalue weighted by Crippen LogP contribution is 2.22. The van der Waals surface area contributed by atoms with Gasteiger partial charge in [-0.1, -0.05) is 36.4 Å². The molecule has 0 unspecified atom stereocenters. The van der Waals surface area contributed by atoms with Crippen LogP contribution in [0.1, 0.15) is 52.1 Å². The minimum Gasteiger partial charge on any atom is -0.396 e. The highest BCUT2D eigenvalue weighted by atomic mass is 19.1. The molecule has 0 bridgehead atoms. The van der Waals surface area contributed by atoms with Gasteiger partial charge in [0.25, 0.3) is 5.91 Å². The minimum absolute atomic E-state index is 0.0534. The molecule has 2 heterocycles. The molecule has 10 heteroatoms. The van der Waals surface area contributed by atoms with Gasteiger partial charge in [-0.25, -0.2) is 19.3 Å². The van der Waals surface area contributed by atoms with Gasteiger partial charge in [0.2, 0.25) is 0 Å². The molecule has 2 aromatic heterocycles. The van der Waals surface area contributed by atoms with E-state index >= 15 is 0 Å². The highest BCUT2D eigenvalue weighted by Gasteiger charge is 2.17. The van der Waals surface area contributed by atoms with Crippen molar-refractivity contribution in [2.75, 3.05) is 17.7 Å². The first-order valence-corrected chi connectivity index (χ1v) is 12.4. The molecule has 1 atom stereocenters. The van der Waals surface area contributed by atoms with Gasteiger partial charge < -0.3 is 21.5 Å². The number of carbonyl (C=O) groups is 1. The van der Waals surface area contributed by atoms with E-state index in [0.717, 1.165) is 16.7 Å². The number of amides is 1. The van der Waals surface area contributed by atoms with Gasteiger partial charge >= 0.3 is 0 Å². The van der Waals surface area contributed by atoms with E-state index in [-0.39, 0.29) is 29.6 Å². The number of hydrogen-bond donors (Lipinski definition) is 4. The Bertz CT molecular complexity index is 1490. The maximum atomic E-state index is 13.3. The van der Waals surface area contributed by atoms with Crippen LogP contribution >= 0.6 is 0 Å². The van der Waals surface area contributed by atoms with Crippen LogP contribution in [0.15, 0.2) is 67.0 Å². The predicted octanol–water partition coefficient (Wildman–Crippen LogP) is 4.16. The van der Waals surface area contributed by atoms with Crippen LogP contribution in [0.25, 0.3) is 11.3 Å². The summed E-state index contributed by atoms with van der Waals surface area (Å²) in [5, 5.41) is 24.5. The SMILES string of the molecule is C[C@H](NC(=O)c1cc(C#N)cnc1NCc1ccc(-c2cnc(N)c(CCCO)n2)cc1)c1ccc(F)cc1. The number of aliphatic hydroxyl groups excluding tert-OH is 1. The zero-order valence-corrected chi connectivity index (χ0v) is 21.4. The summed E-state index contributed by atoms with van der Waals surface area (Å²) < 4.78 is 13.3. The Morgan fingerprint density at radius 2 is 1.87 bits per heavy atom. The second-order valence-electron chi connectivity index (χ2n) is 8.94. The van der Waals surface area contributed by atoms with Crippen molar-refractivity contribution in [2.24, 2.45) is 0 Å². The number of rotatable bonds is 10. The van der Waals surface area contributed by atoms with E-state index in [2.05, 4.69) is 25.6 Å². The third-order valence-electron chi connectivity index (χ3n) is 6.14. The van der Waals surface area contributed by atoms with Crippen LogP contribution in [0.2, 0.25) is 0 Å². The number of nitrogen functional groups attached to an aromatic ring is 1. The summed E-state index contributed by atoms with van der Waals surface area (Å²) in [4.78, 5) is 26.2. The van der Waals surface area contributed by atoms with Crippen LogP contribution in [-0.4, -0.2) is 32.6 Å². The zero-order chi connectivity index (χ0) is 27.8. The van der Waals surface area contributed by atoms with Gasteiger partial charge in [0, 0.05) is 24.9 Å². The summed E-state index contributed by atoms with van der Waals surface area (Å²) in [6.45, 7) is 2.22. The van der Waals surface area contributed by atoms with E-state index in [0.29, 0.717) is 42.4 Å². The lowest BCUT2D eigenvalue weighted by Gasteiger charge is -2.16. The zero-order valence-electron chi connectivity index (χ0n) is 21.4. The Balaban J connectivity index is 1.46. The van der Waals surface area contributed by atoms with Crippen molar-refractivity contribution in [3.05, 3.63) is 101 Å². The molecule has 0 spiro atoms. The smallest absolute Gasteiger partial charge is 0.255 e. The Morgan fingerprint density at radius 1 is 1.13 bits per heavy atom. The molecular formula is C29H28FN7O2. The van der Waals surface area contributed by atoms with Crippen LogP contribution in [0.5, 0.6) is 0 Å². The Labute approximate surface area is 225 Å². The van der Waals surface area contributed by atoms with Crippen LogP contribution in [-0.2, 0) is 13.0 Å². The van der Waals surface area contributed by atoms with Crippen molar-refractivity contribution in [1.29, 1.82) is 5.26 Å². The number of nitrogens with one attached hydrogen (secondary N) is 2. The number of anilines is 2. The van der Waals surface area contributed by atoms with Crippen LogP contribution in [0, 0.1) is 17.1 Å². The lowest BCUT2D eigenvalue weighted by Crippen LogP contribution is -2.28. The number of nitrogens with two attached hydrogens (primary N) is 1. The number of hydrogen-bond acceptors (Lipinski definition) is 8. The number of aliphatic hydroxyl groups is 1. The number of pyridine rings is 1. The molecule has 1 amide bonds. The lowest BCUT2D eigenvalue weighted by atomic mass is 10.1. The molecule has 2 aromatic carbocycles. The number of halogens is 1. The molecule has 39 heavy (non-hydrogen) atoms. The number of aryl methyl sites for hydroxylation is 1. The first kappa shape index (κ1) is 27.2. The summed E-state index contributed by atoms with van der Waals surface area (Å²) >= 11 is 0.